The minimum Gasteiger partial charge on any atom is -0.494 e. The van der Waals surface area contributed by atoms with Crippen molar-refractivity contribution in [2.24, 2.45) is 0 Å². The lowest BCUT2D eigenvalue weighted by atomic mass is 10.3. The summed E-state index contributed by atoms with van der Waals surface area (Å²) in [5.74, 6) is 1.50. The molecule has 0 atom stereocenters. The second-order valence-corrected chi connectivity index (χ2v) is 4.77. The van der Waals surface area contributed by atoms with Gasteiger partial charge in [0, 0.05) is 6.04 Å². The highest BCUT2D eigenvalue weighted by Gasteiger charge is 2.15. The number of carbonyl (C=O) groups is 1. The average molecular weight is 289 g/mol. The van der Waals surface area contributed by atoms with Gasteiger partial charge in [-0.15, -0.1) is 5.10 Å². The van der Waals surface area contributed by atoms with E-state index in [4.69, 9.17) is 9.47 Å². The van der Waals surface area contributed by atoms with Crippen LogP contribution in [-0.2, 0) is 6.61 Å². The second-order valence-electron chi connectivity index (χ2n) is 4.77. The highest BCUT2D eigenvalue weighted by atomic mass is 16.5. The first-order chi connectivity index (χ1) is 10.2. The van der Waals surface area contributed by atoms with Gasteiger partial charge in [0.05, 0.1) is 6.61 Å². The van der Waals surface area contributed by atoms with Gasteiger partial charge in [0.25, 0.3) is 0 Å². The van der Waals surface area contributed by atoms with Gasteiger partial charge in [-0.3, -0.25) is 4.79 Å². The number of benzene rings is 1. The number of nitrogens with zero attached hydrogens (tertiary/aromatic N) is 3. The van der Waals surface area contributed by atoms with Crippen molar-refractivity contribution in [1.82, 2.24) is 15.0 Å². The Morgan fingerprint density at radius 3 is 2.33 bits per heavy atom. The molecule has 6 nitrogen and oxygen atoms in total. The lowest BCUT2D eigenvalue weighted by Crippen LogP contribution is -2.11. The van der Waals surface area contributed by atoms with Gasteiger partial charge in [0.2, 0.25) is 0 Å². The Labute approximate surface area is 123 Å². The molecule has 6 heteroatoms. The van der Waals surface area contributed by atoms with Crippen molar-refractivity contribution in [3.05, 3.63) is 35.7 Å². The fourth-order valence-electron chi connectivity index (χ4n) is 1.92. The predicted molar refractivity (Wildman–Crippen MR) is 77.7 cm³/mol. The van der Waals surface area contributed by atoms with Crippen LogP contribution in [0.15, 0.2) is 24.3 Å². The number of hydrogen-bond donors (Lipinski definition) is 0. The lowest BCUT2D eigenvalue weighted by molar-refractivity contribution is 0.111. The number of aldehydes is 1. The number of carbonyl (C=O) groups excluding carboxylic acids is 1. The molecule has 0 unspecified atom stereocenters. The normalized spacial score (nSPS) is 10.7. The third-order valence-electron chi connectivity index (χ3n) is 2.93. The molecule has 0 saturated carbocycles. The topological polar surface area (TPSA) is 66.2 Å². The first-order valence-corrected chi connectivity index (χ1v) is 6.90. The predicted octanol–water partition coefficient (Wildman–Crippen LogP) is 2.65. The molecule has 2 rings (SSSR count). The van der Waals surface area contributed by atoms with E-state index in [-0.39, 0.29) is 12.6 Å². The lowest BCUT2D eigenvalue weighted by Gasteiger charge is -2.11. The zero-order valence-electron chi connectivity index (χ0n) is 12.4. The molecule has 0 bridgehead atoms. The van der Waals surface area contributed by atoms with Crippen LogP contribution < -0.4 is 9.47 Å². The van der Waals surface area contributed by atoms with Crippen LogP contribution in [0.5, 0.6) is 11.5 Å². The summed E-state index contributed by atoms with van der Waals surface area (Å²) in [7, 11) is 0. The van der Waals surface area contributed by atoms with Gasteiger partial charge >= 0.3 is 0 Å². The molecule has 21 heavy (non-hydrogen) atoms. The van der Waals surface area contributed by atoms with Crippen molar-refractivity contribution in [3.8, 4) is 11.5 Å². The Bertz CT molecular complexity index is 591. The molecule has 1 aromatic carbocycles. The maximum atomic E-state index is 11.0. The second kappa shape index (κ2) is 6.88. The fourth-order valence-corrected chi connectivity index (χ4v) is 1.92. The average Bonchev–Trinajstić information content (AvgIpc) is 2.90. The monoisotopic (exact) mass is 289 g/mol. The van der Waals surface area contributed by atoms with Gasteiger partial charge in [-0.2, -0.15) is 0 Å². The number of ether oxygens (including phenoxy) is 2. The summed E-state index contributed by atoms with van der Waals surface area (Å²) in [4.78, 5) is 11.0. The van der Waals surface area contributed by atoms with Crippen LogP contribution in [0.1, 0.15) is 43.0 Å². The molecule has 0 aliphatic rings. The van der Waals surface area contributed by atoms with E-state index < -0.39 is 0 Å². The smallest absolute Gasteiger partial charge is 0.172 e. The zero-order valence-corrected chi connectivity index (χ0v) is 12.4. The first kappa shape index (κ1) is 15.0. The van der Waals surface area contributed by atoms with Crippen molar-refractivity contribution in [3.63, 3.8) is 0 Å². The molecular formula is C15H19N3O3. The fraction of sp³-hybridized carbons (Fsp3) is 0.400. The highest BCUT2D eigenvalue weighted by molar-refractivity contribution is 5.73. The molecule has 0 aliphatic heterocycles. The van der Waals surface area contributed by atoms with Crippen LogP contribution in [0.2, 0.25) is 0 Å². The van der Waals surface area contributed by atoms with Gasteiger partial charge in [0.1, 0.15) is 23.8 Å². The van der Waals surface area contributed by atoms with Gasteiger partial charge in [-0.25, -0.2) is 4.68 Å². The van der Waals surface area contributed by atoms with Crippen molar-refractivity contribution in [2.45, 2.75) is 33.4 Å². The van der Waals surface area contributed by atoms with E-state index in [0.29, 0.717) is 30.0 Å². The molecule has 0 aliphatic carbocycles. The van der Waals surface area contributed by atoms with Crippen molar-refractivity contribution in [1.29, 1.82) is 0 Å². The number of rotatable bonds is 7. The third kappa shape index (κ3) is 3.59. The maximum Gasteiger partial charge on any atom is 0.172 e. The van der Waals surface area contributed by atoms with E-state index >= 15 is 0 Å². The van der Waals surface area contributed by atoms with Crippen molar-refractivity contribution >= 4 is 6.29 Å². The van der Waals surface area contributed by atoms with Crippen LogP contribution >= 0.6 is 0 Å². The molecule has 2 aromatic rings. The zero-order chi connectivity index (χ0) is 15.2. The molecule has 0 amide bonds. The summed E-state index contributed by atoms with van der Waals surface area (Å²) in [6, 6.07) is 7.46. The molecule has 0 spiro atoms. The van der Waals surface area contributed by atoms with E-state index in [1.165, 1.54) is 0 Å². The van der Waals surface area contributed by atoms with Crippen LogP contribution in [-0.4, -0.2) is 27.9 Å². The van der Waals surface area contributed by atoms with Crippen LogP contribution in [0, 0.1) is 0 Å². The molecule has 0 radical (unpaired) electrons. The van der Waals surface area contributed by atoms with Gasteiger partial charge in [-0.1, -0.05) is 5.21 Å². The quantitative estimate of drug-likeness (QED) is 0.733. The van der Waals surface area contributed by atoms with Gasteiger partial charge in [-0.05, 0) is 45.0 Å². The summed E-state index contributed by atoms with van der Waals surface area (Å²) in [6.45, 7) is 6.76. The van der Waals surface area contributed by atoms with Crippen LogP contribution in [0.3, 0.4) is 0 Å². The summed E-state index contributed by atoms with van der Waals surface area (Å²) in [5, 5.41) is 7.82. The number of aromatic nitrogens is 3. The van der Waals surface area contributed by atoms with Crippen molar-refractivity contribution < 1.29 is 14.3 Å². The first-order valence-electron chi connectivity index (χ1n) is 6.90. The van der Waals surface area contributed by atoms with Gasteiger partial charge in [0.15, 0.2) is 12.0 Å². The molecule has 1 heterocycles. The van der Waals surface area contributed by atoms with Gasteiger partial charge < -0.3 is 9.47 Å². The Kier molecular flexibility index (Phi) is 4.92. The van der Waals surface area contributed by atoms with Crippen molar-refractivity contribution in [2.75, 3.05) is 6.61 Å². The minimum atomic E-state index is 0.116. The van der Waals surface area contributed by atoms with E-state index in [0.717, 1.165) is 5.75 Å². The van der Waals surface area contributed by atoms with E-state index in [1.807, 2.05) is 45.0 Å². The Balaban J connectivity index is 2.08. The minimum absolute atomic E-state index is 0.116. The Morgan fingerprint density at radius 2 is 1.81 bits per heavy atom. The number of hydrogen-bond acceptors (Lipinski definition) is 5. The maximum absolute atomic E-state index is 11.0. The molecule has 1 aromatic heterocycles. The molecular weight excluding hydrogens is 270 g/mol. The van der Waals surface area contributed by atoms with E-state index in [2.05, 4.69) is 10.3 Å². The third-order valence-corrected chi connectivity index (χ3v) is 2.93. The SMILES string of the molecule is CCOc1ccc(OCc2c(C=O)nnn2C(C)C)cc1. The summed E-state index contributed by atoms with van der Waals surface area (Å²) < 4.78 is 12.8. The van der Waals surface area contributed by atoms with Crippen LogP contribution in [0.4, 0.5) is 0 Å². The summed E-state index contributed by atoms with van der Waals surface area (Å²) in [5.41, 5.74) is 0.989. The summed E-state index contributed by atoms with van der Waals surface area (Å²) >= 11 is 0. The van der Waals surface area contributed by atoms with E-state index in [9.17, 15) is 4.79 Å². The molecule has 0 saturated heterocycles. The molecule has 0 fully saturated rings. The standard InChI is InChI=1S/C15H19N3O3/c1-4-20-12-5-7-13(8-6-12)21-10-15-14(9-19)16-17-18(15)11(2)3/h5-9,11H,4,10H2,1-3H3. The largest absolute Gasteiger partial charge is 0.494 e. The summed E-state index contributed by atoms with van der Waals surface area (Å²) in [6.07, 6.45) is 0.697. The van der Waals surface area contributed by atoms with Crippen LogP contribution in [0.25, 0.3) is 0 Å². The van der Waals surface area contributed by atoms with E-state index in [1.54, 1.807) is 4.68 Å². The molecule has 112 valence electrons. The Hall–Kier alpha value is -2.37. The molecule has 0 N–H and O–H groups in total. The highest BCUT2D eigenvalue weighted by Crippen LogP contribution is 2.19. The Morgan fingerprint density at radius 1 is 1.19 bits per heavy atom.